The van der Waals surface area contributed by atoms with Crippen LogP contribution in [-0.4, -0.2) is 19.3 Å². The van der Waals surface area contributed by atoms with Crippen LogP contribution in [0.3, 0.4) is 0 Å². The summed E-state index contributed by atoms with van der Waals surface area (Å²) in [5.41, 5.74) is 1.99. The minimum atomic E-state index is -0.381. The summed E-state index contributed by atoms with van der Waals surface area (Å²) < 4.78 is 10.9. The Balaban J connectivity index is 2.67. The number of allylic oxidation sites excluding steroid dienone is 1. The van der Waals surface area contributed by atoms with Gasteiger partial charge in [0.05, 0.1) is 31.9 Å². The molecule has 0 amide bonds. The van der Waals surface area contributed by atoms with Crippen LogP contribution in [0.25, 0.3) is 0 Å². The normalized spacial score (nSPS) is 17.9. The Morgan fingerprint density at radius 1 is 1.22 bits per heavy atom. The van der Waals surface area contributed by atoms with E-state index in [0.717, 1.165) is 11.3 Å². The molecule has 0 bridgehead atoms. The smallest absolute Gasteiger partial charge is 0.171 e. The lowest BCUT2D eigenvalue weighted by molar-refractivity contribution is 0.349. The molecule has 1 aliphatic heterocycles. The van der Waals surface area contributed by atoms with E-state index < -0.39 is 0 Å². The molecular weight excluding hydrogens is 310 g/mol. The first-order valence-electron chi connectivity index (χ1n) is 7.26. The van der Waals surface area contributed by atoms with Gasteiger partial charge in [0.1, 0.15) is 0 Å². The van der Waals surface area contributed by atoms with Crippen molar-refractivity contribution in [3.8, 4) is 17.6 Å². The molecule has 0 aliphatic carbocycles. The molecule has 5 nitrogen and oxygen atoms in total. The van der Waals surface area contributed by atoms with E-state index in [4.69, 9.17) is 21.7 Å². The zero-order valence-electron chi connectivity index (χ0n) is 14.0. The van der Waals surface area contributed by atoms with Crippen LogP contribution >= 0.6 is 12.2 Å². The van der Waals surface area contributed by atoms with Gasteiger partial charge in [-0.3, -0.25) is 0 Å². The largest absolute Gasteiger partial charge is 0.493 e. The van der Waals surface area contributed by atoms with Crippen molar-refractivity contribution in [2.75, 3.05) is 14.2 Å². The third-order valence-electron chi connectivity index (χ3n) is 3.69. The van der Waals surface area contributed by atoms with E-state index in [1.165, 1.54) is 0 Å². The van der Waals surface area contributed by atoms with E-state index >= 15 is 0 Å². The fourth-order valence-corrected chi connectivity index (χ4v) is 2.87. The Hall–Kier alpha value is -2.26. The maximum absolute atomic E-state index is 9.73. The average Bonchev–Trinajstić information content (AvgIpc) is 2.52. The van der Waals surface area contributed by atoms with Gasteiger partial charge >= 0.3 is 0 Å². The summed E-state index contributed by atoms with van der Waals surface area (Å²) in [7, 11) is 3.17. The summed E-state index contributed by atoms with van der Waals surface area (Å²) in [5, 5.41) is 16.5. The first kappa shape index (κ1) is 17.1. The molecular formula is C17H21N3O2S. The van der Waals surface area contributed by atoms with Crippen LogP contribution in [0.5, 0.6) is 11.5 Å². The number of benzene rings is 1. The third-order valence-corrected chi connectivity index (χ3v) is 3.91. The molecule has 0 radical (unpaired) electrons. The number of hydrogen-bond acceptors (Lipinski definition) is 4. The lowest BCUT2D eigenvalue weighted by Crippen LogP contribution is -2.46. The molecule has 0 unspecified atom stereocenters. The van der Waals surface area contributed by atoms with Gasteiger partial charge in [0.15, 0.2) is 16.6 Å². The molecule has 0 fully saturated rings. The lowest BCUT2D eigenvalue weighted by atomic mass is 9.84. The van der Waals surface area contributed by atoms with Gasteiger partial charge in [-0.1, -0.05) is 32.9 Å². The van der Waals surface area contributed by atoms with Gasteiger partial charge in [0, 0.05) is 16.7 Å². The predicted molar refractivity (Wildman–Crippen MR) is 93.3 cm³/mol. The highest BCUT2D eigenvalue weighted by atomic mass is 32.1. The molecule has 1 aromatic rings. The molecule has 1 aliphatic rings. The van der Waals surface area contributed by atoms with Crippen molar-refractivity contribution in [3.63, 3.8) is 0 Å². The van der Waals surface area contributed by atoms with E-state index in [0.29, 0.717) is 22.2 Å². The minimum Gasteiger partial charge on any atom is -0.493 e. The zero-order chi connectivity index (χ0) is 17.2. The standard InChI is InChI=1S/C17H21N3O2S/c1-17(2,3)15-11(9-18)13(19-16(23)20-15)10-7-6-8-12(21-4)14(10)22-5/h6-8,13H,1-5H3,(H2,19,20,23)/t13-/m0/s1. The van der Waals surface area contributed by atoms with Gasteiger partial charge < -0.3 is 20.1 Å². The number of methoxy groups -OCH3 is 2. The fourth-order valence-electron chi connectivity index (χ4n) is 2.65. The van der Waals surface area contributed by atoms with Crippen molar-refractivity contribution < 1.29 is 9.47 Å². The number of rotatable bonds is 3. The fraction of sp³-hybridized carbons (Fsp3) is 0.412. The molecule has 2 N–H and O–H groups in total. The molecule has 0 spiro atoms. The van der Waals surface area contributed by atoms with E-state index in [1.54, 1.807) is 14.2 Å². The first-order valence-corrected chi connectivity index (χ1v) is 7.67. The first-order chi connectivity index (χ1) is 10.8. The number of ether oxygens (including phenoxy) is 2. The van der Waals surface area contributed by atoms with E-state index in [-0.39, 0.29) is 11.5 Å². The molecule has 0 saturated carbocycles. The van der Waals surface area contributed by atoms with E-state index in [1.807, 2.05) is 39.0 Å². The van der Waals surface area contributed by atoms with Gasteiger partial charge in [-0.15, -0.1) is 0 Å². The Morgan fingerprint density at radius 2 is 1.91 bits per heavy atom. The molecule has 122 valence electrons. The number of para-hydroxylation sites is 1. The molecule has 1 atom stereocenters. The van der Waals surface area contributed by atoms with Crippen molar-refractivity contribution in [2.45, 2.75) is 26.8 Å². The molecule has 1 aromatic carbocycles. The van der Waals surface area contributed by atoms with Crippen molar-refractivity contribution in [1.29, 1.82) is 5.26 Å². The zero-order valence-corrected chi connectivity index (χ0v) is 14.8. The van der Waals surface area contributed by atoms with Gasteiger partial charge in [0.2, 0.25) is 0 Å². The van der Waals surface area contributed by atoms with Gasteiger partial charge in [0.25, 0.3) is 0 Å². The summed E-state index contributed by atoms with van der Waals surface area (Å²) in [4.78, 5) is 0. The minimum absolute atomic E-state index is 0.235. The Labute approximate surface area is 142 Å². The van der Waals surface area contributed by atoms with E-state index in [2.05, 4.69) is 16.7 Å². The molecule has 2 rings (SSSR count). The van der Waals surface area contributed by atoms with Crippen molar-refractivity contribution >= 4 is 17.3 Å². The van der Waals surface area contributed by atoms with Crippen LogP contribution in [-0.2, 0) is 0 Å². The summed E-state index contributed by atoms with van der Waals surface area (Å²) in [6.07, 6.45) is 0. The van der Waals surface area contributed by atoms with Gasteiger partial charge in [-0.05, 0) is 18.3 Å². The maximum Gasteiger partial charge on any atom is 0.171 e. The predicted octanol–water partition coefficient (Wildman–Crippen LogP) is 3.05. The highest BCUT2D eigenvalue weighted by molar-refractivity contribution is 7.80. The molecule has 1 heterocycles. The van der Waals surface area contributed by atoms with Crippen LogP contribution in [0.1, 0.15) is 32.4 Å². The monoisotopic (exact) mass is 331 g/mol. The number of nitrogens with one attached hydrogen (secondary N) is 2. The van der Waals surface area contributed by atoms with Crippen LogP contribution in [0.15, 0.2) is 29.5 Å². The average molecular weight is 331 g/mol. The lowest BCUT2D eigenvalue weighted by Gasteiger charge is -2.35. The van der Waals surface area contributed by atoms with Crippen molar-refractivity contribution in [1.82, 2.24) is 10.6 Å². The maximum atomic E-state index is 9.73. The Kier molecular flexibility index (Phi) is 4.81. The van der Waals surface area contributed by atoms with Crippen LogP contribution in [0, 0.1) is 16.7 Å². The second kappa shape index (κ2) is 6.47. The summed E-state index contributed by atoms with van der Waals surface area (Å²) in [5.74, 6) is 1.21. The van der Waals surface area contributed by atoms with Crippen molar-refractivity contribution in [2.24, 2.45) is 5.41 Å². The molecule has 0 saturated heterocycles. The summed E-state index contributed by atoms with van der Waals surface area (Å²) in [6, 6.07) is 7.53. The van der Waals surface area contributed by atoms with Crippen LogP contribution in [0.4, 0.5) is 0 Å². The molecule has 23 heavy (non-hydrogen) atoms. The summed E-state index contributed by atoms with van der Waals surface area (Å²) in [6.45, 7) is 6.13. The second-order valence-corrected chi connectivity index (χ2v) is 6.67. The quantitative estimate of drug-likeness (QED) is 0.830. The molecule has 0 aromatic heterocycles. The SMILES string of the molecule is COc1cccc([C@@H]2NC(=S)NC(C(C)(C)C)=C2C#N)c1OC. The highest BCUT2D eigenvalue weighted by Crippen LogP contribution is 2.40. The molecule has 6 heteroatoms. The third kappa shape index (κ3) is 3.25. The summed E-state index contributed by atoms with van der Waals surface area (Å²) >= 11 is 5.33. The van der Waals surface area contributed by atoms with Crippen LogP contribution in [0.2, 0.25) is 0 Å². The number of nitrogens with zero attached hydrogens (tertiary/aromatic N) is 1. The topological polar surface area (TPSA) is 66.3 Å². The number of nitriles is 1. The van der Waals surface area contributed by atoms with Gasteiger partial charge in [-0.25, -0.2) is 0 Å². The Bertz CT molecular complexity index is 699. The van der Waals surface area contributed by atoms with E-state index in [9.17, 15) is 5.26 Å². The van der Waals surface area contributed by atoms with Crippen molar-refractivity contribution in [3.05, 3.63) is 35.0 Å². The number of thiocarbonyl (C=S) groups is 1. The van der Waals surface area contributed by atoms with Gasteiger partial charge in [-0.2, -0.15) is 5.26 Å². The Morgan fingerprint density at radius 3 is 2.43 bits per heavy atom. The second-order valence-electron chi connectivity index (χ2n) is 6.26. The van der Waals surface area contributed by atoms with Crippen LogP contribution < -0.4 is 20.1 Å². The highest BCUT2D eigenvalue weighted by Gasteiger charge is 2.34. The number of hydrogen-bond donors (Lipinski definition) is 2.